The molecule has 2 rings (SSSR count). The maximum Gasteiger partial charge on any atom is 0.218 e. The third-order valence-electron chi connectivity index (χ3n) is 2.06. The normalized spacial score (nSPS) is 19.2. The van der Waals surface area contributed by atoms with Gasteiger partial charge in [-0.2, -0.15) is 0 Å². The maximum absolute atomic E-state index is 11.6. The highest BCUT2D eigenvalue weighted by Crippen LogP contribution is 2.37. The van der Waals surface area contributed by atoms with Gasteiger partial charge < -0.3 is 10.2 Å². The number of rotatable bonds is 2. The third kappa shape index (κ3) is 1.11. The molecule has 0 saturated heterocycles. The molecule has 3 nitrogen and oxygen atoms in total. The largest absolute Gasteiger partial charge is 0.460 e. The lowest BCUT2D eigenvalue weighted by Crippen LogP contribution is -2.32. The number of hydrogen-bond acceptors (Lipinski definition) is 3. The molecule has 1 fully saturated rings. The Kier molecular flexibility index (Phi) is 1.63. The first-order valence-corrected chi connectivity index (χ1v) is 4.49. The highest BCUT2D eigenvalue weighted by atomic mass is 79.9. The predicted octanol–water partition coefficient (Wildman–Crippen LogP) is 1.72. The fourth-order valence-corrected chi connectivity index (χ4v) is 1.43. The molecule has 1 heterocycles. The van der Waals surface area contributed by atoms with Crippen molar-refractivity contribution >= 4 is 21.7 Å². The molecular weight excluding hydrogens is 222 g/mol. The van der Waals surface area contributed by atoms with Crippen LogP contribution in [-0.4, -0.2) is 11.3 Å². The Labute approximate surface area is 78.0 Å². The summed E-state index contributed by atoms with van der Waals surface area (Å²) in [6.07, 6.45) is 3.00. The number of carbonyl (C=O) groups excluding carboxylic acids is 1. The van der Waals surface area contributed by atoms with E-state index in [2.05, 4.69) is 15.9 Å². The van der Waals surface area contributed by atoms with Crippen LogP contribution in [0.2, 0.25) is 0 Å². The van der Waals surface area contributed by atoms with Gasteiger partial charge in [-0.05, 0) is 34.8 Å². The second-order valence-electron chi connectivity index (χ2n) is 3.08. The van der Waals surface area contributed by atoms with Gasteiger partial charge >= 0.3 is 0 Å². The number of furan rings is 1. The van der Waals surface area contributed by atoms with E-state index >= 15 is 0 Å². The van der Waals surface area contributed by atoms with Crippen molar-refractivity contribution < 1.29 is 9.21 Å². The fourth-order valence-electron chi connectivity index (χ4n) is 1.04. The molecule has 1 saturated carbocycles. The number of ketones is 1. The molecule has 1 aromatic heterocycles. The van der Waals surface area contributed by atoms with Crippen LogP contribution in [0.3, 0.4) is 0 Å². The molecule has 0 aromatic carbocycles. The van der Waals surface area contributed by atoms with Crippen LogP contribution in [0.5, 0.6) is 0 Å². The highest BCUT2D eigenvalue weighted by molar-refractivity contribution is 9.10. The molecule has 0 unspecified atom stereocenters. The minimum absolute atomic E-state index is 0.0978. The van der Waals surface area contributed by atoms with Crippen LogP contribution in [0.15, 0.2) is 21.2 Å². The molecule has 0 atom stereocenters. The zero-order valence-electron chi connectivity index (χ0n) is 6.34. The van der Waals surface area contributed by atoms with E-state index in [0.29, 0.717) is 10.2 Å². The lowest BCUT2D eigenvalue weighted by atomic mass is 10.1. The molecular formula is C8H8BrNO2. The molecule has 1 aliphatic rings. The molecule has 2 N–H and O–H groups in total. The Morgan fingerprint density at radius 1 is 1.67 bits per heavy atom. The summed E-state index contributed by atoms with van der Waals surface area (Å²) >= 11 is 3.22. The molecule has 0 spiro atoms. The molecule has 64 valence electrons. The molecule has 0 bridgehead atoms. The Morgan fingerprint density at radius 3 is 2.75 bits per heavy atom. The van der Waals surface area contributed by atoms with Crippen molar-refractivity contribution in [1.82, 2.24) is 0 Å². The SMILES string of the molecule is NC1(C(=O)c2occc2Br)CC1. The summed E-state index contributed by atoms with van der Waals surface area (Å²) in [5.74, 6) is 0.245. The van der Waals surface area contributed by atoms with E-state index in [-0.39, 0.29) is 5.78 Å². The summed E-state index contributed by atoms with van der Waals surface area (Å²) in [7, 11) is 0. The van der Waals surface area contributed by atoms with E-state index in [0.717, 1.165) is 12.8 Å². The number of nitrogens with two attached hydrogens (primary N) is 1. The monoisotopic (exact) mass is 229 g/mol. The molecule has 1 aliphatic carbocycles. The fraction of sp³-hybridized carbons (Fsp3) is 0.375. The quantitative estimate of drug-likeness (QED) is 0.787. The van der Waals surface area contributed by atoms with E-state index in [4.69, 9.17) is 10.2 Å². The van der Waals surface area contributed by atoms with Crippen LogP contribution < -0.4 is 5.73 Å². The van der Waals surface area contributed by atoms with Crippen LogP contribution in [-0.2, 0) is 0 Å². The van der Waals surface area contributed by atoms with Crippen molar-refractivity contribution in [3.8, 4) is 0 Å². The summed E-state index contributed by atoms with van der Waals surface area (Å²) in [5, 5.41) is 0. The average molecular weight is 230 g/mol. The molecule has 0 radical (unpaired) electrons. The zero-order valence-corrected chi connectivity index (χ0v) is 7.93. The smallest absolute Gasteiger partial charge is 0.218 e. The third-order valence-corrected chi connectivity index (χ3v) is 2.69. The van der Waals surface area contributed by atoms with Gasteiger partial charge in [-0.3, -0.25) is 4.79 Å². The van der Waals surface area contributed by atoms with Gasteiger partial charge in [0.2, 0.25) is 5.78 Å². The van der Waals surface area contributed by atoms with Gasteiger partial charge in [0, 0.05) is 0 Å². The van der Waals surface area contributed by atoms with Crippen LogP contribution in [0.1, 0.15) is 23.4 Å². The number of halogens is 1. The van der Waals surface area contributed by atoms with Crippen molar-refractivity contribution in [3.63, 3.8) is 0 Å². The van der Waals surface area contributed by atoms with Crippen LogP contribution >= 0.6 is 15.9 Å². The van der Waals surface area contributed by atoms with E-state index in [9.17, 15) is 4.79 Å². The highest BCUT2D eigenvalue weighted by Gasteiger charge is 2.47. The van der Waals surface area contributed by atoms with Crippen molar-refractivity contribution in [3.05, 3.63) is 22.6 Å². The first kappa shape index (κ1) is 8.01. The lowest BCUT2D eigenvalue weighted by Gasteiger charge is -2.03. The van der Waals surface area contributed by atoms with Gasteiger partial charge in [0.1, 0.15) is 0 Å². The van der Waals surface area contributed by atoms with E-state index in [1.54, 1.807) is 6.07 Å². The second-order valence-corrected chi connectivity index (χ2v) is 3.94. The lowest BCUT2D eigenvalue weighted by molar-refractivity contribution is 0.0920. The van der Waals surface area contributed by atoms with Gasteiger partial charge in [-0.15, -0.1) is 0 Å². The molecule has 0 aliphatic heterocycles. The van der Waals surface area contributed by atoms with Crippen molar-refractivity contribution in [2.75, 3.05) is 0 Å². The average Bonchev–Trinajstić information content (AvgIpc) is 2.63. The van der Waals surface area contributed by atoms with Gasteiger partial charge in [0.15, 0.2) is 5.76 Å². The van der Waals surface area contributed by atoms with E-state index in [1.165, 1.54) is 6.26 Å². The number of Topliss-reactive ketones (excluding diaryl/α,β-unsaturated/α-hetero) is 1. The van der Waals surface area contributed by atoms with Crippen LogP contribution in [0.25, 0.3) is 0 Å². The molecule has 1 aromatic rings. The summed E-state index contributed by atoms with van der Waals surface area (Å²) in [5.41, 5.74) is 5.08. The maximum atomic E-state index is 11.6. The van der Waals surface area contributed by atoms with Crippen molar-refractivity contribution in [2.45, 2.75) is 18.4 Å². The summed E-state index contributed by atoms with van der Waals surface area (Å²) < 4.78 is 5.70. The first-order valence-electron chi connectivity index (χ1n) is 3.70. The number of carbonyl (C=O) groups is 1. The van der Waals surface area contributed by atoms with Crippen molar-refractivity contribution in [2.24, 2.45) is 5.73 Å². The minimum atomic E-state index is -0.639. The van der Waals surface area contributed by atoms with Crippen molar-refractivity contribution in [1.29, 1.82) is 0 Å². The van der Waals surface area contributed by atoms with E-state index in [1.807, 2.05) is 0 Å². The Bertz CT molecular complexity index is 328. The summed E-state index contributed by atoms with van der Waals surface area (Å²) in [6.45, 7) is 0. The topological polar surface area (TPSA) is 56.2 Å². The zero-order chi connectivity index (χ0) is 8.77. The molecule has 4 heteroatoms. The summed E-state index contributed by atoms with van der Waals surface area (Å²) in [4.78, 5) is 11.6. The van der Waals surface area contributed by atoms with Gasteiger partial charge in [-0.25, -0.2) is 0 Å². The minimum Gasteiger partial charge on any atom is -0.460 e. The first-order chi connectivity index (χ1) is 5.63. The Hall–Kier alpha value is -0.610. The second kappa shape index (κ2) is 2.44. The number of hydrogen-bond donors (Lipinski definition) is 1. The Morgan fingerprint density at radius 2 is 2.33 bits per heavy atom. The Balaban J connectivity index is 2.31. The van der Waals surface area contributed by atoms with Gasteiger partial charge in [0.25, 0.3) is 0 Å². The predicted molar refractivity (Wildman–Crippen MR) is 46.9 cm³/mol. The van der Waals surface area contributed by atoms with Gasteiger partial charge in [0.05, 0.1) is 16.3 Å². The van der Waals surface area contributed by atoms with Gasteiger partial charge in [-0.1, -0.05) is 0 Å². The standard InChI is InChI=1S/C8H8BrNO2/c9-5-1-4-12-6(5)7(11)8(10)2-3-8/h1,4H,2-3,10H2. The molecule has 0 amide bonds. The van der Waals surface area contributed by atoms with E-state index < -0.39 is 5.54 Å². The molecule has 12 heavy (non-hydrogen) atoms. The summed E-state index contributed by atoms with van der Waals surface area (Å²) in [6, 6.07) is 1.69. The van der Waals surface area contributed by atoms with Crippen LogP contribution in [0.4, 0.5) is 0 Å². The van der Waals surface area contributed by atoms with Crippen LogP contribution in [0, 0.1) is 0 Å².